The van der Waals surface area contributed by atoms with Crippen LogP contribution in [0.25, 0.3) is 0 Å². The van der Waals surface area contributed by atoms with Gasteiger partial charge >= 0.3 is 0 Å². The number of nitrogens with zero attached hydrogens (tertiary/aromatic N) is 2. The summed E-state index contributed by atoms with van der Waals surface area (Å²) in [4.78, 5) is 16.9. The highest BCUT2D eigenvalue weighted by Gasteiger charge is 2.23. The quantitative estimate of drug-likeness (QED) is 0.874. The Labute approximate surface area is 152 Å². The molecule has 1 amide bonds. The summed E-state index contributed by atoms with van der Waals surface area (Å²) < 4.78 is 0. The van der Waals surface area contributed by atoms with Crippen LogP contribution in [0.1, 0.15) is 37.6 Å². The number of hydrogen-bond donors (Lipinski definition) is 1. The maximum atomic E-state index is 12.6. The van der Waals surface area contributed by atoms with Crippen LogP contribution in [0.2, 0.25) is 0 Å². The third-order valence-corrected chi connectivity index (χ3v) is 4.12. The fraction of sp³-hybridized carbons (Fsp3) is 0.588. The van der Waals surface area contributed by atoms with Crippen molar-refractivity contribution in [2.75, 3.05) is 37.6 Å². The van der Waals surface area contributed by atoms with E-state index >= 15 is 0 Å². The van der Waals surface area contributed by atoms with Gasteiger partial charge in [0.25, 0.3) is 5.91 Å². The van der Waals surface area contributed by atoms with Crippen LogP contribution in [0.15, 0.2) is 24.3 Å². The number of piperazine rings is 1. The second kappa shape index (κ2) is 10.7. The number of carbonyl (C=O) groups excluding carboxylic acids is 1. The molecular formula is C17H29Cl2N3O. The molecule has 2 rings (SSSR count). The highest BCUT2D eigenvalue weighted by molar-refractivity contribution is 5.94. The summed E-state index contributed by atoms with van der Waals surface area (Å²) in [5.74, 6) is 0.147. The van der Waals surface area contributed by atoms with Crippen LogP contribution in [-0.4, -0.2) is 49.6 Å². The van der Waals surface area contributed by atoms with Gasteiger partial charge in [-0.15, -0.1) is 24.8 Å². The monoisotopic (exact) mass is 361 g/mol. The number of anilines is 1. The highest BCUT2D eigenvalue weighted by atomic mass is 35.5. The van der Waals surface area contributed by atoms with Gasteiger partial charge in [-0.2, -0.15) is 0 Å². The molecule has 1 saturated heterocycles. The third-order valence-electron chi connectivity index (χ3n) is 4.12. The predicted octanol–water partition coefficient (Wildman–Crippen LogP) is 3.20. The topological polar surface area (TPSA) is 35.6 Å². The van der Waals surface area contributed by atoms with Crippen molar-refractivity contribution in [2.45, 2.75) is 33.2 Å². The van der Waals surface area contributed by atoms with Crippen molar-refractivity contribution in [3.63, 3.8) is 0 Å². The van der Waals surface area contributed by atoms with E-state index in [1.807, 2.05) is 17.0 Å². The normalized spacial score (nSPS) is 17.0. The van der Waals surface area contributed by atoms with Gasteiger partial charge in [0.15, 0.2) is 0 Å². The molecule has 0 unspecified atom stereocenters. The van der Waals surface area contributed by atoms with Crippen molar-refractivity contribution >= 4 is 36.4 Å². The van der Waals surface area contributed by atoms with Crippen LogP contribution in [0.4, 0.5) is 5.69 Å². The molecule has 0 spiro atoms. The number of nitrogens with one attached hydrogen (secondary N) is 1. The third kappa shape index (κ3) is 5.55. The smallest absolute Gasteiger partial charge is 0.254 e. The second-order valence-corrected chi connectivity index (χ2v) is 5.68. The van der Waals surface area contributed by atoms with Gasteiger partial charge in [0.2, 0.25) is 0 Å². The van der Waals surface area contributed by atoms with Gasteiger partial charge in [0, 0.05) is 50.0 Å². The summed E-state index contributed by atoms with van der Waals surface area (Å²) >= 11 is 0. The molecule has 1 heterocycles. The first-order valence-corrected chi connectivity index (χ1v) is 8.04. The summed E-state index contributed by atoms with van der Waals surface area (Å²) in [5.41, 5.74) is 1.99. The van der Waals surface area contributed by atoms with Crippen LogP contribution >= 0.6 is 24.8 Å². The van der Waals surface area contributed by atoms with Gasteiger partial charge in [0.05, 0.1) is 0 Å². The molecule has 1 fully saturated rings. The van der Waals surface area contributed by atoms with Gasteiger partial charge in [-0.25, -0.2) is 0 Å². The van der Waals surface area contributed by atoms with Gasteiger partial charge in [-0.05, 0) is 44.5 Å². The lowest BCUT2D eigenvalue weighted by atomic mass is 10.1. The molecular weight excluding hydrogens is 333 g/mol. The van der Waals surface area contributed by atoms with E-state index in [1.165, 1.54) is 5.69 Å². The first-order chi connectivity index (χ1) is 10.2. The van der Waals surface area contributed by atoms with E-state index in [1.54, 1.807) is 0 Å². The molecule has 4 nitrogen and oxygen atoms in total. The SMILES string of the molecule is CCCN(CC)c1ccc(C(=O)N2CCNC[C@@H]2C)cc1.Cl.Cl. The Morgan fingerprint density at radius 1 is 1.26 bits per heavy atom. The fourth-order valence-corrected chi connectivity index (χ4v) is 2.86. The molecule has 0 bridgehead atoms. The lowest BCUT2D eigenvalue weighted by Crippen LogP contribution is -2.52. The van der Waals surface area contributed by atoms with E-state index in [0.29, 0.717) is 0 Å². The van der Waals surface area contributed by atoms with Gasteiger partial charge in [0.1, 0.15) is 0 Å². The Morgan fingerprint density at radius 2 is 1.91 bits per heavy atom. The molecule has 0 radical (unpaired) electrons. The number of hydrogen-bond acceptors (Lipinski definition) is 3. The van der Waals surface area contributed by atoms with Gasteiger partial charge < -0.3 is 15.1 Å². The molecule has 1 N–H and O–H groups in total. The Kier molecular flexibility index (Phi) is 10.3. The summed E-state index contributed by atoms with van der Waals surface area (Å²) in [6.45, 7) is 11.0. The first-order valence-electron chi connectivity index (χ1n) is 8.04. The largest absolute Gasteiger partial charge is 0.372 e. The highest BCUT2D eigenvalue weighted by Crippen LogP contribution is 2.17. The zero-order valence-electron chi connectivity index (χ0n) is 14.2. The predicted molar refractivity (Wildman–Crippen MR) is 102 cm³/mol. The van der Waals surface area contributed by atoms with Crippen LogP contribution in [0, 0.1) is 0 Å². The Bertz CT molecular complexity index is 467. The molecule has 1 aliphatic rings. The molecule has 1 aliphatic heterocycles. The van der Waals surface area contributed by atoms with Crippen molar-refractivity contribution in [2.24, 2.45) is 0 Å². The number of rotatable bonds is 5. The molecule has 1 aromatic carbocycles. The van der Waals surface area contributed by atoms with E-state index < -0.39 is 0 Å². The van der Waals surface area contributed by atoms with E-state index in [2.05, 4.69) is 43.1 Å². The second-order valence-electron chi connectivity index (χ2n) is 5.68. The van der Waals surface area contributed by atoms with Crippen molar-refractivity contribution < 1.29 is 4.79 Å². The standard InChI is InChI=1S/C17H27N3O.2ClH/c1-4-11-19(5-2)16-8-6-15(7-9-16)17(21)20-12-10-18-13-14(20)3;;/h6-9,14,18H,4-5,10-13H2,1-3H3;2*1H/t14-;;/m0../s1. The van der Waals surface area contributed by atoms with Gasteiger partial charge in [-0.1, -0.05) is 6.92 Å². The minimum atomic E-state index is 0. The summed E-state index contributed by atoms with van der Waals surface area (Å²) in [6.07, 6.45) is 1.13. The number of amides is 1. The van der Waals surface area contributed by atoms with Crippen molar-refractivity contribution in [1.29, 1.82) is 0 Å². The average molecular weight is 362 g/mol. The number of benzene rings is 1. The molecule has 0 aromatic heterocycles. The average Bonchev–Trinajstić information content (AvgIpc) is 2.52. The zero-order chi connectivity index (χ0) is 15.2. The van der Waals surface area contributed by atoms with Crippen LogP contribution < -0.4 is 10.2 Å². The minimum Gasteiger partial charge on any atom is -0.372 e. The minimum absolute atomic E-state index is 0. The summed E-state index contributed by atoms with van der Waals surface area (Å²) in [6, 6.07) is 8.33. The van der Waals surface area contributed by atoms with Crippen LogP contribution in [0.5, 0.6) is 0 Å². The Morgan fingerprint density at radius 3 is 2.43 bits per heavy atom. The molecule has 1 atom stereocenters. The van der Waals surface area contributed by atoms with Gasteiger partial charge in [-0.3, -0.25) is 4.79 Å². The summed E-state index contributed by atoms with van der Waals surface area (Å²) in [7, 11) is 0. The maximum absolute atomic E-state index is 12.6. The number of halogens is 2. The van der Waals surface area contributed by atoms with Crippen LogP contribution in [-0.2, 0) is 0 Å². The maximum Gasteiger partial charge on any atom is 0.254 e. The lowest BCUT2D eigenvalue weighted by Gasteiger charge is -2.34. The molecule has 0 aliphatic carbocycles. The van der Waals surface area contributed by atoms with E-state index in [-0.39, 0.29) is 36.8 Å². The molecule has 132 valence electrons. The van der Waals surface area contributed by atoms with Crippen molar-refractivity contribution in [3.05, 3.63) is 29.8 Å². The molecule has 23 heavy (non-hydrogen) atoms. The number of carbonyl (C=O) groups is 1. The molecule has 6 heteroatoms. The van der Waals surface area contributed by atoms with Crippen molar-refractivity contribution in [3.8, 4) is 0 Å². The van der Waals surface area contributed by atoms with E-state index in [9.17, 15) is 4.79 Å². The molecule has 0 saturated carbocycles. The first kappa shape index (κ1) is 22.0. The molecule has 1 aromatic rings. The van der Waals surface area contributed by atoms with E-state index in [0.717, 1.165) is 44.7 Å². The lowest BCUT2D eigenvalue weighted by molar-refractivity contribution is 0.0656. The Hall–Kier alpha value is -0.970. The fourth-order valence-electron chi connectivity index (χ4n) is 2.86. The van der Waals surface area contributed by atoms with Crippen LogP contribution in [0.3, 0.4) is 0 Å². The Balaban J connectivity index is 0.00000242. The van der Waals surface area contributed by atoms with E-state index in [4.69, 9.17) is 0 Å². The summed E-state index contributed by atoms with van der Waals surface area (Å²) in [5, 5.41) is 3.32. The van der Waals surface area contributed by atoms with Crippen molar-refractivity contribution in [1.82, 2.24) is 10.2 Å². The zero-order valence-corrected chi connectivity index (χ0v) is 15.9.